The zero-order valence-electron chi connectivity index (χ0n) is 11.2. The van der Waals surface area contributed by atoms with Crippen LogP contribution >= 0.6 is 11.6 Å². The van der Waals surface area contributed by atoms with Crippen LogP contribution < -0.4 is 10.9 Å². The average molecular weight is 274 g/mol. The number of halogens is 1. The van der Waals surface area contributed by atoms with Gasteiger partial charge in [0.1, 0.15) is 5.02 Å². The van der Waals surface area contributed by atoms with E-state index in [1.54, 1.807) is 6.20 Å². The van der Waals surface area contributed by atoms with Crippen molar-refractivity contribution < 1.29 is 5.11 Å². The van der Waals surface area contributed by atoms with Gasteiger partial charge in [-0.05, 0) is 34.1 Å². The summed E-state index contributed by atoms with van der Waals surface area (Å²) in [4.78, 5) is 12.0. The molecule has 1 rings (SSSR count). The van der Waals surface area contributed by atoms with Crippen molar-refractivity contribution in [2.75, 3.05) is 11.9 Å². The molecule has 0 saturated heterocycles. The number of nitrogens with one attached hydrogen (secondary N) is 1. The lowest BCUT2D eigenvalue weighted by atomic mass is 10.0. The molecule has 6 heteroatoms. The van der Waals surface area contributed by atoms with Gasteiger partial charge in [0.25, 0.3) is 5.56 Å². The number of hydrogen-bond donors (Lipinski definition) is 2. The Bertz CT molecular complexity index is 469. The Kier molecular flexibility index (Phi) is 4.76. The molecule has 18 heavy (non-hydrogen) atoms. The lowest BCUT2D eigenvalue weighted by Crippen LogP contribution is -2.34. The molecule has 0 unspecified atom stereocenters. The van der Waals surface area contributed by atoms with Crippen molar-refractivity contribution in [3.63, 3.8) is 0 Å². The van der Waals surface area contributed by atoms with Crippen LogP contribution in [-0.2, 0) is 0 Å². The number of aliphatic hydroxyl groups is 1. The molecule has 5 nitrogen and oxygen atoms in total. The summed E-state index contributed by atoms with van der Waals surface area (Å²) in [6.07, 6.45) is 2.10. The van der Waals surface area contributed by atoms with Crippen LogP contribution in [0.4, 0.5) is 5.69 Å². The van der Waals surface area contributed by atoms with Crippen LogP contribution in [0.5, 0.6) is 0 Å². The van der Waals surface area contributed by atoms with Gasteiger partial charge >= 0.3 is 0 Å². The maximum absolute atomic E-state index is 12.0. The molecule has 1 aromatic rings. The first-order valence-corrected chi connectivity index (χ1v) is 6.32. The SMILES string of the molecule is CC(C)n1ncc(NC(C)(C)CCO)c(Cl)c1=O. The van der Waals surface area contributed by atoms with Gasteiger partial charge in [-0.2, -0.15) is 5.10 Å². The van der Waals surface area contributed by atoms with Crippen LogP contribution in [0.2, 0.25) is 5.02 Å². The molecule has 0 bridgehead atoms. The summed E-state index contributed by atoms with van der Waals surface area (Å²) in [5.41, 5.74) is -0.162. The minimum absolute atomic E-state index is 0.0329. The molecule has 0 aliphatic heterocycles. The van der Waals surface area contributed by atoms with Gasteiger partial charge < -0.3 is 10.4 Å². The summed E-state index contributed by atoms with van der Waals surface area (Å²) in [5, 5.41) is 16.3. The molecule has 0 fully saturated rings. The summed E-state index contributed by atoms with van der Waals surface area (Å²) in [6, 6.07) is -0.0329. The Morgan fingerprint density at radius 1 is 1.56 bits per heavy atom. The van der Waals surface area contributed by atoms with Crippen molar-refractivity contribution in [3.05, 3.63) is 21.6 Å². The van der Waals surface area contributed by atoms with E-state index in [2.05, 4.69) is 10.4 Å². The Labute approximate surface area is 112 Å². The van der Waals surface area contributed by atoms with Crippen LogP contribution in [0.1, 0.15) is 40.2 Å². The van der Waals surface area contributed by atoms with Crippen molar-refractivity contribution in [3.8, 4) is 0 Å². The second-order valence-electron chi connectivity index (χ2n) is 5.20. The van der Waals surface area contributed by atoms with Crippen molar-refractivity contribution in [2.45, 2.75) is 45.7 Å². The van der Waals surface area contributed by atoms with Gasteiger partial charge in [-0.3, -0.25) is 4.79 Å². The van der Waals surface area contributed by atoms with Crippen molar-refractivity contribution in [1.29, 1.82) is 0 Å². The fourth-order valence-electron chi connectivity index (χ4n) is 1.61. The zero-order valence-corrected chi connectivity index (χ0v) is 12.0. The number of aliphatic hydroxyl groups excluding tert-OH is 1. The zero-order chi connectivity index (χ0) is 13.9. The van der Waals surface area contributed by atoms with Gasteiger partial charge in [0.15, 0.2) is 0 Å². The number of rotatable bonds is 5. The van der Waals surface area contributed by atoms with Gasteiger partial charge in [0, 0.05) is 12.1 Å². The third-order valence-electron chi connectivity index (χ3n) is 2.64. The summed E-state index contributed by atoms with van der Waals surface area (Å²) in [7, 11) is 0. The topological polar surface area (TPSA) is 67.2 Å². The highest BCUT2D eigenvalue weighted by atomic mass is 35.5. The molecule has 0 aliphatic carbocycles. The fourth-order valence-corrected chi connectivity index (χ4v) is 1.79. The van der Waals surface area contributed by atoms with Gasteiger partial charge in [0.2, 0.25) is 0 Å². The van der Waals surface area contributed by atoms with Gasteiger partial charge in [-0.1, -0.05) is 11.6 Å². The number of nitrogens with zero attached hydrogens (tertiary/aromatic N) is 2. The highest BCUT2D eigenvalue weighted by molar-refractivity contribution is 6.32. The highest BCUT2D eigenvalue weighted by Crippen LogP contribution is 2.22. The van der Waals surface area contributed by atoms with E-state index in [1.807, 2.05) is 27.7 Å². The molecular formula is C12H20ClN3O2. The van der Waals surface area contributed by atoms with E-state index in [4.69, 9.17) is 16.7 Å². The van der Waals surface area contributed by atoms with E-state index in [9.17, 15) is 4.79 Å². The fraction of sp³-hybridized carbons (Fsp3) is 0.667. The minimum Gasteiger partial charge on any atom is -0.396 e. The third kappa shape index (κ3) is 3.46. The highest BCUT2D eigenvalue weighted by Gasteiger charge is 2.20. The lowest BCUT2D eigenvalue weighted by molar-refractivity contribution is 0.261. The van der Waals surface area contributed by atoms with E-state index in [0.717, 1.165) is 0 Å². The third-order valence-corrected chi connectivity index (χ3v) is 3.01. The Morgan fingerprint density at radius 2 is 2.17 bits per heavy atom. The van der Waals surface area contributed by atoms with E-state index in [0.29, 0.717) is 12.1 Å². The average Bonchev–Trinajstić information content (AvgIpc) is 2.24. The van der Waals surface area contributed by atoms with E-state index >= 15 is 0 Å². The summed E-state index contributed by atoms with van der Waals surface area (Å²) >= 11 is 6.05. The molecule has 0 aromatic carbocycles. The van der Waals surface area contributed by atoms with Crippen LogP contribution in [-0.4, -0.2) is 27.0 Å². The summed E-state index contributed by atoms with van der Waals surface area (Å²) < 4.78 is 1.34. The minimum atomic E-state index is -0.351. The second kappa shape index (κ2) is 5.71. The molecule has 2 N–H and O–H groups in total. The quantitative estimate of drug-likeness (QED) is 0.862. The monoisotopic (exact) mass is 273 g/mol. The largest absolute Gasteiger partial charge is 0.396 e. The number of anilines is 1. The molecular weight excluding hydrogens is 254 g/mol. The first kappa shape index (κ1) is 15.0. The molecule has 0 aliphatic rings. The van der Waals surface area contributed by atoms with Crippen molar-refractivity contribution in [1.82, 2.24) is 9.78 Å². The molecule has 0 spiro atoms. The Hall–Kier alpha value is -1.07. The van der Waals surface area contributed by atoms with Crippen molar-refractivity contribution >= 4 is 17.3 Å². The number of hydrogen-bond acceptors (Lipinski definition) is 4. The predicted octanol–water partition coefficient (Wildman–Crippen LogP) is 2.05. The first-order chi connectivity index (χ1) is 8.28. The first-order valence-electron chi connectivity index (χ1n) is 5.95. The van der Waals surface area contributed by atoms with Gasteiger partial charge in [-0.25, -0.2) is 4.68 Å². The van der Waals surface area contributed by atoms with Crippen LogP contribution in [0.25, 0.3) is 0 Å². The maximum Gasteiger partial charge on any atom is 0.287 e. The molecule has 0 radical (unpaired) electrons. The second-order valence-corrected chi connectivity index (χ2v) is 5.58. The van der Waals surface area contributed by atoms with Crippen molar-refractivity contribution in [2.24, 2.45) is 0 Å². The maximum atomic E-state index is 12.0. The molecule has 0 amide bonds. The normalized spacial score (nSPS) is 11.9. The Balaban J connectivity index is 3.07. The summed E-state index contributed by atoms with van der Waals surface area (Å²) in [5.74, 6) is 0. The van der Waals surface area contributed by atoms with E-state index in [1.165, 1.54) is 4.68 Å². The summed E-state index contributed by atoms with van der Waals surface area (Å²) in [6.45, 7) is 7.65. The predicted molar refractivity (Wildman–Crippen MR) is 73.3 cm³/mol. The van der Waals surface area contributed by atoms with Crippen LogP contribution in [0.3, 0.4) is 0 Å². The van der Waals surface area contributed by atoms with E-state index in [-0.39, 0.29) is 28.8 Å². The number of aromatic nitrogens is 2. The van der Waals surface area contributed by atoms with E-state index < -0.39 is 0 Å². The van der Waals surface area contributed by atoms with Gasteiger partial charge in [-0.15, -0.1) is 0 Å². The molecule has 1 heterocycles. The Morgan fingerprint density at radius 3 is 2.67 bits per heavy atom. The molecule has 102 valence electrons. The van der Waals surface area contributed by atoms with Crippen LogP contribution in [0, 0.1) is 0 Å². The van der Waals surface area contributed by atoms with Gasteiger partial charge in [0.05, 0.1) is 17.9 Å². The lowest BCUT2D eigenvalue weighted by Gasteiger charge is -2.27. The molecule has 0 saturated carbocycles. The molecule has 1 aromatic heterocycles. The standard InChI is InChI=1S/C12H20ClN3O2/c1-8(2)16-11(18)10(13)9(7-14-16)15-12(3,4)5-6-17/h7-8,15,17H,5-6H2,1-4H3. The molecule has 0 atom stereocenters. The smallest absolute Gasteiger partial charge is 0.287 e. The van der Waals surface area contributed by atoms with Crippen LogP contribution in [0.15, 0.2) is 11.0 Å².